The molecule has 0 aliphatic heterocycles. The number of hydrogen-bond acceptors (Lipinski definition) is 4. The lowest BCUT2D eigenvalue weighted by Gasteiger charge is -2.32. The normalized spacial score (nSPS) is 15.8. The van der Waals surface area contributed by atoms with Gasteiger partial charge in [0.25, 0.3) is 5.24 Å². The van der Waals surface area contributed by atoms with Gasteiger partial charge in [-0.05, 0) is 30.7 Å². The molecular weight excluding hydrogens is 324 g/mol. The SMILES string of the molecule is C#CC1(NC(=O)Oc2cccc(NC(=O)SCC)c2)CCCCC1. The second-order valence-electron chi connectivity index (χ2n) is 5.67. The van der Waals surface area contributed by atoms with E-state index in [0.717, 1.165) is 32.1 Å². The summed E-state index contributed by atoms with van der Waals surface area (Å²) < 4.78 is 5.32. The van der Waals surface area contributed by atoms with E-state index in [0.29, 0.717) is 17.2 Å². The van der Waals surface area contributed by atoms with Crippen molar-refractivity contribution in [3.63, 3.8) is 0 Å². The maximum atomic E-state index is 12.2. The number of carbonyl (C=O) groups is 2. The molecule has 1 aromatic rings. The number of benzene rings is 1. The zero-order chi connectivity index (χ0) is 17.4. The third-order valence-corrected chi connectivity index (χ3v) is 4.54. The van der Waals surface area contributed by atoms with Crippen LogP contribution < -0.4 is 15.4 Å². The Labute approximate surface area is 146 Å². The number of thioether (sulfide) groups is 1. The van der Waals surface area contributed by atoms with Crippen molar-refractivity contribution in [3.8, 4) is 18.1 Å². The van der Waals surface area contributed by atoms with E-state index in [-0.39, 0.29) is 5.24 Å². The molecule has 0 spiro atoms. The molecule has 1 aliphatic rings. The van der Waals surface area contributed by atoms with Gasteiger partial charge in [-0.2, -0.15) is 0 Å². The summed E-state index contributed by atoms with van der Waals surface area (Å²) in [6, 6.07) is 6.72. The highest BCUT2D eigenvalue weighted by atomic mass is 32.2. The predicted octanol–water partition coefficient (Wildman–Crippen LogP) is 4.40. The van der Waals surface area contributed by atoms with Crippen LogP contribution in [0.5, 0.6) is 5.75 Å². The minimum atomic E-state index is -0.612. The molecule has 2 amide bonds. The van der Waals surface area contributed by atoms with E-state index in [9.17, 15) is 9.59 Å². The molecule has 0 unspecified atom stereocenters. The molecule has 1 fully saturated rings. The number of terminal acetylenes is 1. The first-order valence-electron chi connectivity index (χ1n) is 8.08. The first kappa shape index (κ1) is 18.2. The number of nitrogens with one attached hydrogen (secondary N) is 2. The number of rotatable bonds is 4. The summed E-state index contributed by atoms with van der Waals surface area (Å²) in [5, 5.41) is 5.41. The van der Waals surface area contributed by atoms with Gasteiger partial charge < -0.3 is 15.4 Å². The Morgan fingerprint density at radius 3 is 2.75 bits per heavy atom. The molecule has 5 nitrogen and oxygen atoms in total. The van der Waals surface area contributed by atoms with Crippen LogP contribution in [-0.2, 0) is 0 Å². The molecule has 24 heavy (non-hydrogen) atoms. The van der Waals surface area contributed by atoms with E-state index in [2.05, 4.69) is 16.6 Å². The molecule has 1 aromatic carbocycles. The number of ether oxygens (including phenoxy) is 1. The van der Waals surface area contributed by atoms with Crippen LogP contribution in [-0.4, -0.2) is 22.6 Å². The topological polar surface area (TPSA) is 67.4 Å². The molecule has 0 bridgehead atoms. The number of anilines is 1. The lowest BCUT2D eigenvalue weighted by Crippen LogP contribution is -2.49. The molecule has 0 saturated heterocycles. The summed E-state index contributed by atoms with van der Waals surface area (Å²) in [5.41, 5.74) is -0.0329. The maximum absolute atomic E-state index is 12.2. The Morgan fingerprint density at radius 2 is 2.08 bits per heavy atom. The Hall–Kier alpha value is -2.13. The molecule has 2 rings (SSSR count). The van der Waals surface area contributed by atoms with Gasteiger partial charge in [-0.1, -0.05) is 49.9 Å². The molecule has 0 aromatic heterocycles. The summed E-state index contributed by atoms with van der Waals surface area (Å²) >= 11 is 1.18. The van der Waals surface area contributed by atoms with Gasteiger partial charge in [0.2, 0.25) is 0 Å². The standard InChI is InChI=1S/C18H22N2O3S/c1-3-18(11-6-5-7-12-18)20-16(21)23-15-10-8-9-14(13-15)19-17(22)24-4-2/h1,8-10,13H,4-7,11-12H2,2H3,(H,19,22)(H,20,21). The first-order valence-corrected chi connectivity index (χ1v) is 9.07. The zero-order valence-electron chi connectivity index (χ0n) is 13.8. The van der Waals surface area contributed by atoms with Crippen molar-refractivity contribution in [2.45, 2.75) is 44.6 Å². The Kier molecular flexibility index (Phi) is 6.56. The maximum Gasteiger partial charge on any atom is 0.413 e. The minimum absolute atomic E-state index is 0.146. The largest absolute Gasteiger partial charge is 0.413 e. The van der Waals surface area contributed by atoms with Gasteiger partial charge >= 0.3 is 6.09 Å². The summed E-state index contributed by atoms with van der Waals surface area (Å²) in [7, 11) is 0. The van der Waals surface area contributed by atoms with Gasteiger partial charge in [0.1, 0.15) is 11.3 Å². The van der Waals surface area contributed by atoms with Crippen molar-refractivity contribution in [1.29, 1.82) is 0 Å². The van der Waals surface area contributed by atoms with Crippen LogP contribution in [0.3, 0.4) is 0 Å². The average molecular weight is 346 g/mol. The Balaban J connectivity index is 1.96. The van der Waals surface area contributed by atoms with Crippen molar-refractivity contribution >= 4 is 28.8 Å². The lowest BCUT2D eigenvalue weighted by atomic mass is 9.82. The predicted molar refractivity (Wildman–Crippen MR) is 97.4 cm³/mol. The van der Waals surface area contributed by atoms with Crippen molar-refractivity contribution in [1.82, 2.24) is 5.32 Å². The number of hydrogen-bond donors (Lipinski definition) is 2. The molecule has 6 heteroatoms. The van der Waals surface area contributed by atoms with Crippen LogP contribution >= 0.6 is 11.8 Å². The van der Waals surface area contributed by atoms with Crippen LogP contribution in [0.25, 0.3) is 0 Å². The van der Waals surface area contributed by atoms with Crippen molar-refractivity contribution < 1.29 is 14.3 Å². The van der Waals surface area contributed by atoms with E-state index in [1.54, 1.807) is 24.3 Å². The summed E-state index contributed by atoms with van der Waals surface area (Å²) in [5.74, 6) is 3.76. The van der Waals surface area contributed by atoms with E-state index in [1.807, 2.05) is 6.92 Å². The molecular formula is C18H22N2O3S. The zero-order valence-corrected chi connectivity index (χ0v) is 14.6. The third-order valence-electron chi connectivity index (χ3n) is 3.89. The molecule has 0 atom stereocenters. The van der Waals surface area contributed by atoms with Crippen molar-refractivity contribution in [3.05, 3.63) is 24.3 Å². The third kappa shape index (κ3) is 5.20. The van der Waals surface area contributed by atoms with Gasteiger partial charge in [0.15, 0.2) is 0 Å². The minimum Gasteiger partial charge on any atom is -0.410 e. The van der Waals surface area contributed by atoms with Crippen molar-refractivity contribution in [2.24, 2.45) is 0 Å². The monoisotopic (exact) mass is 346 g/mol. The molecule has 1 saturated carbocycles. The van der Waals surface area contributed by atoms with Crippen LogP contribution in [0.1, 0.15) is 39.0 Å². The van der Waals surface area contributed by atoms with Gasteiger partial charge in [-0.15, -0.1) is 6.42 Å². The summed E-state index contributed by atoms with van der Waals surface area (Å²) in [4.78, 5) is 23.8. The van der Waals surface area contributed by atoms with Gasteiger partial charge in [0.05, 0.1) is 0 Å². The highest BCUT2D eigenvalue weighted by Gasteiger charge is 2.32. The fourth-order valence-corrected chi connectivity index (χ4v) is 3.16. The smallest absolute Gasteiger partial charge is 0.410 e. The first-order chi connectivity index (χ1) is 11.6. The van der Waals surface area contributed by atoms with Gasteiger partial charge in [-0.3, -0.25) is 4.79 Å². The van der Waals surface area contributed by atoms with E-state index >= 15 is 0 Å². The van der Waals surface area contributed by atoms with Crippen molar-refractivity contribution in [2.75, 3.05) is 11.1 Å². The molecule has 0 radical (unpaired) electrons. The van der Waals surface area contributed by atoms with E-state index < -0.39 is 11.6 Å². The second kappa shape index (κ2) is 8.65. The van der Waals surface area contributed by atoms with Crippen LogP contribution in [0.15, 0.2) is 24.3 Å². The lowest BCUT2D eigenvalue weighted by molar-refractivity contribution is 0.183. The summed E-state index contributed by atoms with van der Waals surface area (Å²) in [6.45, 7) is 1.90. The number of amides is 2. The highest BCUT2D eigenvalue weighted by Crippen LogP contribution is 2.28. The Bertz CT molecular complexity index is 633. The van der Waals surface area contributed by atoms with Gasteiger partial charge in [-0.25, -0.2) is 4.79 Å². The highest BCUT2D eigenvalue weighted by molar-refractivity contribution is 8.13. The van der Waals surface area contributed by atoms with Gasteiger partial charge in [0, 0.05) is 11.8 Å². The molecule has 1 aliphatic carbocycles. The van der Waals surface area contributed by atoms with Crippen LogP contribution in [0, 0.1) is 12.3 Å². The van der Waals surface area contributed by atoms with Crippen LogP contribution in [0.2, 0.25) is 0 Å². The molecule has 128 valence electrons. The Morgan fingerprint density at radius 1 is 1.33 bits per heavy atom. The quantitative estimate of drug-likeness (QED) is 0.793. The summed E-state index contributed by atoms with van der Waals surface area (Å²) in [6.07, 6.45) is 9.72. The molecule has 0 heterocycles. The van der Waals surface area contributed by atoms with E-state index in [1.165, 1.54) is 11.8 Å². The fourth-order valence-electron chi connectivity index (χ4n) is 2.71. The van der Waals surface area contributed by atoms with Crippen LogP contribution in [0.4, 0.5) is 15.3 Å². The number of carbonyl (C=O) groups excluding carboxylic acids is 2. The average Bonchev–Trinajstić information content (AvgIpc) is 2.56. The second-order valence-corrected chi connectivity index (χ2v) is 6.91. The van der Waals surface area contributed by atoms with E-state index in [4.69, 9.17) is 11.2 Å². The molecule has 2 N–H and O–H groups in total. The fraction of sp³-hybridized carbons (Fsp3) is 0.444.